The summed E-state index contributed by atoms with van der Waals surface area (Å²) < 4.78 is 0. The molecule has 1 nitrogen and oxygen atoms in total. The highest BCUT2D eigenvalue weighted by molar-refractivity contribution is 7.27. The van der Waals surface area contributed by atoms with Gasteiger partial charge in [0.05, 0.1) is 0 Å². The second kappa shape index (κ2) is 2.92. The fraction of sp³-hybridized carbons (Fsp3) is 0.333. The SMILES string of the molecule is CC(C)(N)c1ccccc1P. The summed E-state index contributed by atoms with van der Waals surface area (Å²) in [7, 11) is 2.69. The van der Waals surface area contributed by atoms with E-state index in [0.717, 1.165) is 0 Å². The monoisotopic (exact) mass is 167 g/mol. The predicted octanol–water partition coefficient (Wildman–Crippen LogP) is 1.38. The summed E-state index contributed by atoms with van der Waals surface area (Å²) in [5.41, 5.74) is 6.89. The fourth-order valence-electron chi connectivity index (χ4n) is 1.08. The molecule has 1 atom stereocenters. The van der Waals surface area contributed by atoms with Gasteiger partial charge in [-0.05, 0) is 24.7 Å². The van der Waals surface area contributed by atoms with Crippen LogP contribution in [0.2, 0.25) is 0 Å². The molecule has 0 saturated carbocycles. The van der Waals surface area contributed by atoms with Crippen LogP contribution in [0.25, 0.3) is 0 Å². The van der Waals surface area contributed by atoms with Crippen molar-refractivity contribution >= 4 is 14.5 Å². The van der Waals surface area contributed by atoms with Crippen LogP contribution in [0, 0.1) is 0 Å². The molecule has 0 bridgehead atoms. The molecular formula is C9H14NP. The molecule has 1 rings (SSSR count). The van der Waals surface area contributed by atoms with E-state index in [4.69, 9.17) is 5.73 Å². The van der Waals surface area contributed by atoms with E-state index in [1.807, 2.05) is 26.0 Å². The smallest absolute Gasteiger partial charge is 0.0358 e. The summed E-state index contributed by atoms with van der Waals surface area (Å²) >= 11 is 0. The number of hydrogen-bond acceptors (Lipinski definition) is 1. The molecule has 0 spiro atoms. The Morgan fingerprint density at radius 2 is 1.82 bits per heavy atom. The molecule has 0 amide bonds. The Kier molecular flexibility index (Phi) is 2.31. The second-order valence-corrected chi connectivity index (χ2v) is 3.93. The topological polar surface area (TPSA) is 26.0 Å². The van der Waals surface area contributed by atoms with E-state index in [9.17, 15) is 0 Å². The number of nitrogens with two attached hydrogens (primary N) is 1. The highest BCUT2D eigenvalue weighted by Crippen LogP contribution is 2.15. The third-order valence-electron chi connectivity index (χ3n) is 1.65. The minimum absolute atomic E-state index is 0.238. The minimum atomic E-state index is -0.238. The van der Waals surface area contributed by atoms with Gasteiger partial charge >= 0.3 is 0 Å². The van der Waals surface area contributed by atoms with Crippen molar-refractivity contribution in [2.45, 2.75) is 19.4 Å². The molecule has 2 heteroatoms. The Balaban J connectivity index is 3.14. The van der Waals surface area contributed by atoms with Gasteiger partial charge in [-0.15, -0.1) is 9.24 Å². The predicted molar refractivity (Wildman–Crippen MR) is 53.0 cm³/mol. The van der Waals surface area contributed by atoms with Crippen molar-refractivity contribution < 1.29 is 0 Å². The molecule has 0 saturated heterocycles. The van der Waals surface area contributed by atoms with Crippen molar-refractivity contribution in [3.05, 3.63) is 29.8 Å². The summed E-state index contributed by atoms with van der Waals surface area (Å²) in [6.07, 6.45) is 0. The van der Waals surface area contributed by atoms with Crippen LogP contribution in [0.1, 0.15) is 19.4 Å². The van der Waals surface area contributed by atoms with Crippen LogP contribution in [-0.4, -0.2) is 0 Å². The van der Waals surface area contributed by atoms with Crippen LogP contribution in [-0.2, 0) is 5.54 Å². The highest BCUT2D eigenvalue weighted by atomic mass is 31.0. The quantitative estimate of drug-likeness (QED) is 0.628. The molecular weight excluding hydrogens is 153 g/mol. The molecule has 1 aromatic carbocycles. The first-order chi connectivity index (χ1) is 5.02. The van der Waals surface area contributed by atoms with E-state index in [1.165, 1.54) is 10.9 Å². The van der Waals surface area contributed by atoms with E-state index < -0.39 is 0 Å². The highest BCUT2D eigenvalue weighted by Gasteiger charge is 2.15. The lowest BCUT2D eigenvalue weighted by molar-refractivity contribution is 0.558. The zero-order valence-electron chi connectivity index (χ0n) is 6.96. The third kappa shape index (κ3) is 2.02. The van der Waals surface area contributed by atoms with Crippen LogP contribution < -0.4 is 11.0 Å². The molecule has 2 N–H and O–H groups in total. The standard InChI is InChI=1S/C9H14NP/c1-9(2,10)7-5-3-4-6-8(7)11/h3-6H,10-11H2,1-2H3. The Labute approximate surface area is 70.2 Å². The molecule has 11 heavy (non-hydrogen) atoms. The van der Waals surface area contributed by atoms with E-state index in [-0.39, 0.29) is 5.54 Å². The molecule has 60 valence electrons. The van der Waals surface area contributed by atoms with Crippen LogP contribution in [0.3, 0.4) is 0 Å². The Hall–Kier alpha value is -0.390. The third-order valence-corrected chi connectivity index (χ3v) is 2.16. The molecule has 0 aliphatic rings. The summed E-state index contributed by atoms with van der Waals surface area (Å²) in [5, 5.41) is 1.18. The Morgan fingerprint density at radius 3 is 2.18 bits per heavy atom. The zero-order valence-corrected chi connectivity index (χ0v) is 8.12. The van der Waals surface area contributed by atoms with Gasteiger partial charge < -0.3 is 5.73 Å². The summed E-state index contributed by atoms with van der Waals surface area (Å²) in [4.78, 5) is 0. The Morgan fingerprint density at radius 1 is 1.27 bits per heavy atom. The van der Waals surface area contributed by atoms with E-state index in [0.29, 0.717) is 0 Å². The van der Waals surface area contributed by atoms with Crippen LogP contribution >= 0.6 is 9.24 Å². The normalized spacial score (nSPS) is 11.6. The van der Waals surface area contributed by atoms with Crippen LogP contribution in [0.4, 0.5) is 0 Å². The molecule has 0 aliphatic carbocycles. The lowest BCUT2D eigenvalue weighted by atomic mass is 9.96. The first kappa shape index (κ1) is 8.70. The second-order valence-electron chi connectivity index (χ2n) is 3.31. The maximum atomic E-state index is 5.94. The van der Waals surface area contributed by atoms with Gasteiger partial charge in [0, 0.05) is 5.54 Å². The number of benzene rings is 1. The van der Waals surface area contributed by atoms with Gasteiger partial charge in [0.2, 0.25) is 0 Å². The van der Waals surface area contributed by atoms with Gasteiger partial charge in [-0.3, -0.25) is 0 Å². The van der Waals surface area contributed by atoms with E-state index in [1.54, 1.807) is 0 Å². The summed E-state index contributed by atoms with van der Waals surface area (Å²) in [5.74, 6) is 0. The zero-order chi connectivity index (χ0) is 8.48. The molecule has 0 heterocycles. The van der Waals surface area contributed by atoms with Gasteiger partial charge in [0.15, 0.2) is 0 Å². The van der Waals surface area contributed by atoms with E-state index in [2.05, 4.69) is 21.4 Å². The van der Waals surface area contributed by atoms with Gasteiger partial charge in [-0.25, -0.2) is 0 Å². The number of rotatable bonds is 1. The van der Waals surface area contributed by atoms with Crippen molar-refractivity contribution in [2.75, 3.05) is 0 Å². The molecule has 0 aliphatic heterocycles. The largest absolute Gasteiger partial charge is 0.322 e. The van der Waals surface area contributed by atoms with Gasteiger partial charge in [-0.2, -0.15) is 0 Å². The van der Waals surface area contributed by atoms with Crippen LogP contribution in [0.15, 0.2) is 24.3 Å². The maximum absolute atomic E-state index is 5.94. The average molecular weight is 167 g/mol. The van der Waals surface area contributed by atoms with Crippen molar-refractivity contribution in [1.29, 1.82) is 0 Å². The molecule has 0 radical (unpaired) electrons. The lowest BCUT2D eigenvalue weighted by Gasteiger charge is -2.20. The van der Waals surface area contributed by atoms with E-state index >= 15 is 0 Å². The molecule has 1 aromatic rings. The minimum Gasteiger partial charge on any atom is -0.322 e. The van der Waals surface area contributed by atoms with Crippen molar-refractivity contribution in [3.8, 4) is 0 Å². The van der Waals surface area contributed by atoms with Crippen molar-refractivity contribution in [3.63, 3.8) is 0 Å². The van der Waals surface area contributed by atoms with Crippen LogP contribution in [0.5, 0.6) is 0 Å². The van der Waals surface area contributed by atoms with Gasteiger partial charge in [0.25, 0.3) is 0 Å². The van der Waals surface area contributed by atoms with Gasteiger partial charge in [-0.1, -0.05) is 24.3 Å². The maximum Gasteiger partial charge on any atom is 0.0358 e. The molecule has 0 aromatic heterocycles. The Bertz CT molecular complexity index is 250. The van der Waals surface area contributed by atoms with Gasteiger partial charge in [0.1, 0.15) is 0 Å². The molecule has 0 fully saturated rings. The molecule has 1 unspecified atom stereocenters. The van der Waals surface area contributed by atoms with Crippen molar-refractivity contribution in [1.82, 2.24) is 0 Å². The summed E-state index contributed by atoms with van der Waals surface area (Å²) in [6, 6.07) is 8.13. The van der Waals surface area contributed by atoms with Crippen molar-refractivity contribution in [2.24, 2.45) is 5.73 Å². The number of hydrogen-bond donors (Lipinski definition) is 1. The fourth-order valence-corrected chi connectivity index (χ4v) is 1.66. The average Bonchev–Trinajstić information content (AvgIpc) is 1.86. The lowest BCUT2D eigenvalue weighted by Crippen LogP contribution is -2.32. The summed E-state index contributed by atoms with van der Waals surface area (Å²) in [6.45, 7) is 4.02. The first-order valence-electron chi connectivity index (χ1n) is 3.65. The first-order valence-corrected chi connectivity index (χ1v) is 4.23.